The number of esters is 1. The molecule has 0 fully saturated rings. The van der Waals surface area contributed by atoms with Crippen LogP contribution in [-0.2, 0) is 14.3 Å². The molecule has 1 unspecified atom stereocenters. The lowest BCUT2D eigenvalue weighted by atomic mass is 10.1. The highest BCUT2D eigenvalue weighted by molar-refractivity contribution is 6.07. The van der Waals surface area contributed by atoms with Crippen molar-refractivity contribution in [3.8, 4) is 5.75 Å². The Morgan fingerprint density at radius 1 is 1.30 bits per heavy atom. The summed E-state index contributed by atoms with van der Waals surface area (Å²) in [5.41, 5.74) is 6.18. The number of benzene rings is 1. The van der Waals surface area contributed by atoms with Gasteiger partial charge < -0.3 is 20.5 Å². The Hall–Kier alpha value is -3.62. The van der Waals surface area contributed by atoms with Gasteiger partial charge in [0.25, 0.3) is 5.91 Å². The maximum atomic E-state index is 12.5. The van der Waals surface area contributed by atoms with Crippen molar-refractivity contribution in [3.63, 3.8) is 0 Å². The minimum absolute atomic E-state index is 0.175. The number of carbonyl (C=O) groups is 3. The number of aromatic nitrogens is 1. The fourth-order valence-corrected chi connectivity index (χ4v) is 2.67. The van der Waals surface area contributed by atoms with E-state index in [-0.39, 0.29) is 29.4 Å². The second kappa shape index (κ2) is 7.32. The topological polar surface area (TPSA) is 124 Å². The number of carbonyl (C=O) groups excluding carboxylic acids is 3. The summed E-state index contributed by atoms with van der Waals surface area (Å²) in [6.07, 6.45) is -0.766. The summed E-state index contributed by atoms with van der Waals surface area (Å²) >= 11 is 0. The average Bonchev–Trinajstić information content (AvgIpc) is 2.66. The predicted molar refractivity (Wildman–Crippen MR) is 97.5 cm³/mol. The molecular formula is C18H18N4O5. The molecule has 2 amide bonds. The van der Waals surface area contributed by atoms with E-state index < -0.39 is 23.9 Å². The van der Waals surface area contributed by atoms with Crippen LogP contribution in [0, 0.1) is 0 Å². The number of anilines is 3. The molecule has 1 atom stereocenters. The van der Waals surface area contributed by atoms with Crippen molar-refractivity contribution in [3.05, 3.63) is 42.0 Å². The van der Waals surface area contributed by atoms with E-state index in [1.54, 1.807) is 37.3 Å². The van der Waals surface area contributed by atoms with Gasteiger partial charge in [-0.05, 0) is 31.2 Å². The van der Waals surface area contributed by atoms with Crippen molar-refractivity contribution in [2.45, 2.75) is 13.0 Å². The largest absolute Gasteiger partial charge is 0.477 e. The second-order valence-corrected chi connectivity index (χ2v) is 5.83. The van der Waals surface area contributed by atoms with E-state index in [0.717, 1.165) is 0 Å². The molecule has 9 nitrogen and oxygen atoms in total. The molecule has 1 aromatic heterocycles. The number of ether oxygens (including phenoxy) is 2. The maximum absolute atomic E-state index is 12.5. The number of nitrogens with two attached hydrogens (primary N) is 1. The quantitative estimate of drug-likeness (QED) is 0.775. The number of amides is 2. The fraction of sp³-hybridized carbons (Fsp3) is 0.222. The zero-order chi connectivity index (χ0) is 19.6. The lowest BCUT2D eigenvalue weighted by Gasteiger charge is -2.31. The van der Waals surface area contributed by atoms with Crippen LogP contribution >= 0.6 is 0 Å². The molecule has 1 aliphatic rings. The van der Waals surface area contributed by atoms with Crippen LogP contribution in [0.15, 0.2) is 36.4 Å². The summed E-state index contributed by atoms with van der Waals surface area (Å²) in [5, 5.41) is 2.62. The van der Waals surface area contributed by atoms with Gasteiger partial charge in [-0.25, -0.2) is 9.78 Å². The van der Waals surface area contributed by atoms with E-state index in [1.807, 2.05) is 0 Å². The first kappa shape index (κ1) is 18.2. The van der Waals surface area contributed by atoms with Crippen LogP contribution in [0.25, 0.3) is 0 Å². The van der Waals surface area contributed by atoms with Gasteiger partial charge in [-0.15, -0.1) is 0 Å². The molecular weight excluding hydrogens is 352 g/mol. The van der Waals surface area contributed by atoms with E-state index in [9.17, 15) is 14.4 Å². The molecule has 2 aromatic rings. The maximum Gasteiger partial charge on any atom is 0.339 e. The number of methoxy groups -OCH3 is 1. The summed E-state index contributed by atoms with van der Waals surface area (Å²) < 4.78 is 10.2. The monoisotopic (exact) mass is 370 g/mol. The Morgan fingerprint density at radius 3 is 2.78 bits per heavy atom. The first-order valence-electron chi connectivity index (χ1n) is 8.12. The van der Waals surface area contributed by atoms with Crippen LogP contribution in [0.3, 0.4) is 0 Å². The highest BCUT2D eigenvalue weighted by atomic mass is 16.5. The summed E-state index contributed by atoms with van der Waals surface area (Å²) in [6, 6.07) is 9.56. The van der Waals surface area contributed by atoms with Crippen LogP contribution in [0.4, 0.5) is 17.3 Å². The van der Waals surface area contributed by atoms with Crippen molar-refractivity contribution in [1.29, 1.82) is 0 Å². The summed E-state index contributed by atoms with van der Waals surface area (Å²) in [4.78, 5) is 42.1. The highest BCUT2D eigenvalue weighted by Gasteiger charge is 2.34. The molecule has 0 radical (unpaired) electrons. The van der Waals surface area contributed by atoms with Gasteiger partial charge in [-0.2, -0.15) is 0 Å². The molecule has 27 heavy (non-hydrogen) atoms. The number of nitrogens with one attached hydrogen (secondary N) is 1. The predicted octanol–water partition coefficient (Wildman–Crippen LogP) is 1.20. The number of nitrogens with zero attached hydrogens (tertiary/aromatic N) is 2. The first-order valence-corrected chi connectivity index (χ1v) is 8.12. The zero-order valence-electron chi connectivity index (χ0n) is 14.8. The van der Waals surface area contributed by atoms with Gasteiger partial charge in [0, 0.05) is 0 Å². The van der Waals surface area contributed by atoms with E-state index in [2.05, 4.69) is 10.3 Å². The van der Waals surface area contributed by atoms with Crippen molar-refractivity contribution in [1.82, 2.24) is 4.98 Å². The lowest BCUT2D eigenvalue weighted by molar-refractivity contribution is -0.127. The number of hydrogen-bond acceptors (Lipinski definition) is 7. The van der Waals surface area contributed by atoms with Crippen LogP contribution in [0.2, 0.25) is 0 Å². The summed E-state index contributed by atoms with van der Waals surface area (Å²) in [6.45, 7) is 1.27. The minimum Gasteiger partial charge on any atom is -0.477 e. The number of nitrogen functional groups attached to an aromatic ring is 1. The van der Waals surface area contributed by atoms with Gasteiger partial charge >= 0.3 is 5.97 Å². The molecule has 0 saturated carbocycles. The molecule has 1 aromatic carbocycles. The average molecular weight is 370 g/mol. The third-order valence-electron chi connectivity index (χ3n) is 3.94. The molecule has 0 aliphatic carbocycles. The molecule has 1 aliphatic heterocycles. The van der Waals surface area contributed by atoms with Crippen molar-refractivity contribution in [2.24, 2.45) is 0 Å². The van der Waals surface area contributed by atoms with Gasteiger partial charge in [0.2, 0.25) is 5.91 Å². The van der Waals surface area contributed by atoms with Crippen LogP contribution in [0.1, 0.15) is 17.3 Å². The van der Waals surface area contributed by atoms with E-state index >= 15 is 0 Å². The summed E-state index contributed by atoms with van der Waals surface area (Å²) in [7, 11) is 1.25. The molecule has 0 saturated heterocycles. The second-order valence-electron chi connectivity index (χ2n) is 5.83. The normalized spacial score (nSPS) is 15.6. The molecule has 9 heteroatoms. The number of hydrogen-bond donors (Lipinski definition) is 2. The Bertz CT molecular complexity index is 914. The summed E-state index contributed by atoms with van der Waals surface area (Å²) in [5.74, 6) is -0.780. The van der Waals surface area contributed by atoms with E-state index in [0.29, 0.717) is 5.75 Å². The van der Waals surface area contributed by atoms with Crippen LogP contribution in [0.5, 0.6) is 5.75 Å². The van der Waals surface area contributed by atoms with Gasteiger partial charge in [0.05, 0.1) is 18.4 Å². The van der Waals surface area contributed by atoms with Gasteiger partial charge in [-0.3, -0.25) is 14.5 Å². The standard InChI is InChI=1S/C18H18N4O5/c1-10-17(24)22(16-13(27-10)7-8-14(19)21-16)9-15(23)20-12-6-4-3-5-11(12)18(25)26-2/h3-8,10H,9H2,1-2H3,(H2,19,21)(H,20,23). The molecule has 3 rings (SSSR count). The third-order valence-corrected chi connectivity index (χ3v) is 3.94. The third kappa shape index (κ3) is 3.66. The zero-order valence-corrected chi connectivity index (χ0v) is 14.8. The van der Waals surface area contributed by atoms with Crippen molar-refractivity contribution < 1.29 is 23.9 Å². The van der Waals surface area contributed by atoms with Gasteiger partial charge in [0.15, 0.2) is 17.7 Å². The number of pyridine rings is 1. The van der Waals surface area contributed by atoms with Gasteiger partial charge in [0.1, 0.15) is 12.4 Å². The molecule has 0 spiro atoms. The highest BCUT2D eigenvalue weighted by Crippen LogP contribution is 2.32. The SMILES string of the molecule is COC(=O)c1ccccc1NC(=O)CN1C(=O)C(C)Oc2ccc(N)nc21. The number of fused-ring (bicyclic) bond motifs is 1. The van der Waals surface area contributed by atoms with E-state index in [4.69, 9.17) is 15.2 Å². The van der Waals surface area contributed by atoms with Crippen molar-refractivity contribution in [2.75, 3.05) is 29.6 Å². The minimum atomic E-state index is -0.766. The first-order chi connectivity index (χ1) is 12.9. The fourth-order valence-electron chi connectivity index (χ4n) is 2.67. The Balaban J connectivity index is 1.84. The number of rotatable bonds is 4. The van der Waals surface area contributed by atoms with Crippen LogP contribution in [-0.4, -0.2) is 42.5 Å². The molecule has 0 bridgehead atoms. The van der Waals surface area contributed by atoms with Crippen LogP contribution < -0.4 is 20.7 Å². The molecule has 140 valence electrons. The van der Waals surface area contributed by atoms with Crippen molar-refractivity contribution >= 4 is 35.1 Å². The Kier molecular flexibility index (Phi) is 4.93. The smallest absolute Gasteiger partial charge is 0.339 e. The Morgan fingerprint density at radius 2 is 2.04 bits per heavy atom. The lowest BCUT2D eigenvalue weighted by Crippen LogP contribution is -2.48. The number of para-hydroxylation sites is 1. The van der Waals surface area contributed by atoms with E-state index in [1.165, 1.54) is 18.1 Å². The molecule has 2 heterocycles. The van der Waals surface area contributed by atoms with Gasteiger partial charge in [-0.1, -0.05) is 12.1 Å². The molecule has 3 N–H and O–H groups in total. The Labute approximate surface area is 155 Å².